The van der Waals surface area contributed by atoms with Crippen LogP contribution in [0, 0.1) is 5.92 Å². The summed E-state index contributed by atoms with van der Waals surface area (Å²) in [6.07, 6.45) is 2.52. The molecule has 1 aromatic heterocycles. The molecule has 1 aliphatic heterocycles. The zero-order valence-corrected chi connectivity index (χ0v) is 16.6. The van der Waals surface area contributed by atoms with E-state index in [1.165, 1.54) is 5.39 Å². The maximum Gasteiger partial charge on any atom is 0.231 e. The summed E-state index contributed by atoms with van der Waals surface area (Å²) < 4.78 is 13.1. The third kappa shape index (κ3) is 3.57. The molecule has 5 heteroatoms. The Hall–Kier alpha value is -2.95. The minimum atomic E-state index is -0.0623. The van der Waals surface area contributed by atoms with E-state index >= 15 is 0 Å². The van der Waals surface area contributed by atoms with E-state index in [0.717, 1.165) is 28.1 Å². The number of carbonyl (C=O) groups is 1. The van der Waals surface area contributed by atoms with Gasteiger partial charge in [0.15, 0.2) is 11.5 Å². The zero-order valence-electron chi connectivity index (χ0n) is 16.6. The average Bonchev–Trinajstić information content (AvgIpc) is 3.29. The van der Waals surface area contributed by atoms with Gasteiger partial charge in [0.2, 0.25) is 12.7 Å². The first-order chi connectivity index (χ1) is 13.5. The number of rotatable bonds is 6. The van der Waals surface area contributed by atoms with Crippen LogP contribution >= 0.6 is 0 Å². The summed E-state index contributed by atoms with van der Waals surface area (Å²) in [6.45, 7) is 5.12. The van der Waals surface area contributed by atoms with Crippen LogP contribution in [-0.4, -0.2) is 23.8 Å². The monoisotopic (exact) mass is 378 g/mol. The van der Waals surface area contributed by atoms with Gasteiger partial charge in [0, 0.05) is 43.0 Å². The number of nitrogens with one attached hydrogen (secondary N) is 1. The molecular weight excluding hydrogens is 352 g/mol. The fraction of sp³-hybridized carbons (Fsp3) is 0.348. The van der Waals surface area contributed by atoms with Crippen molar-refractivity contribution in [1.29, 1.82) is 0 Å². The SMILES string of the molecule is CC(C)CNC(=O)C[C@@H](c1ccc2c(c1)OCO2)c1cn(C)c2ccccc12. The number of ether oxygens (including phenoxy) is 2. The topological polar surface area (TPSA) is 52.5 Å². The average molecular weight is 378 g/mol. The maximum absolute atomic E-state index is 12.7. The Bertz CT molecular complexity index is 1010. The number of hydrogen-bond acceptors (Lipinski definition) is 3. The van der Waals surface area contributed by atoms with Crippen molar-refractivity contribution in [2.75, 3.05) is 13.3 Å². The quantitative estimate of drug-likeness (QED) is 0.699. The molecule has 1 amide bonds. The molecule has 0 saturated carbocycles. The van der Waals surface area contributed by atoms with Crippen molar-refractivity contribution in [3.63, 3.8) is 0 Å². The molecule has 0 spiro atoms. The first kappa shape index (κ1) is 18.4. The van der Waals surface area contributed by atoms with E-state index in [0.29, 0.717) is 18.9 Å². The van der Waals surface area contributed by atoms with Gasteiger partial charge in [0.1, 0.15) is 0 Å². The molecule has 0 radical (unpaired) electrons. The third-order valence-corrected chi connectivity index (χ3v) is 5.20. The van der Waals surface area contributed by atoms with Gasteiger partial charge in [-0.1, -0.05) is 38.1 Å². The minimum Gasteiger partial charge on any atom is -0.454 e. The summed E-state index contributed by atoms with van der Waals surface area (Å²) in [6, 6.07) is 14.3. The van der Waals surface area contributed by atoms with Gasteiger partial charge in [-0.2, -0.15) is 0 Å². The second-order valence-corrected chi connectivity index (χ2v) is 7.78. The van der Waals surface area contributed by atoms with Crippen LogP contribution in [-0.2, 0) is 11.8 Å². The lowest BCUT2D eigenvalue weighted by Gasteiger charge is -2.18. The third-order valence-electron chi connectivity index (χ3n) is 5.20. The first-order valence-electron chi connectivity index (χ1n) is 9.73. The number of para-hydroxylation sites is 1. The van der Waals surface area contributed by atoms with Gasteiger partial charge < -0.3 is 19.4 Å². The fourth-order valence-electron chi connectivity index (χ4n) is 3.76. The van der Waals surface area contributed by atoms with Crippen molar-refractivity contribution in [2.45, 2.75) is 26.2 Å². The first-order valence-corrected chi connectivity index (χ1v) is 9.73. The van der Waals surface area contributed by atoms with Crippen molar-refractivity contribution in [1.82, 2.24) is 9.88 Å². The Morgan fingerprint density at radius 3 is 2.75 bits per heavy atom. The molecule has 4 rings (SSSR count). The van der Waals surface area contributed by atoms with Crippen molar-refractivity contribution in [3.05, 3.63) is 59.8 Å². The molecule has 2 heterocycles. The predicted molar refractivity (Wildman–Crippen MR) is 110 cm³/mol. The molecule has 0 aliphatic carbocycles. The van der Waals surface area contributed by atoms with Gasteiger partial charge in [-0.05, 0) is 35.2 Å². The van der Waals surface area contributed by atoms with Gasteiger partial charge in [-0.25, -0.2) is 0 Å². The van der Waals surface area contributed by atoms with Crippen molar-refractivity contribution < 1.29 is 14.3 Å². The van der Waals surface area contributed by atoms with Crippen molar-refractivity contribution >= 4 is 16.8 Å². The molecule has 0 unspecified atom stereocenters. The summed E-state index contributed by atoms with van der Waals surface area (Å²) in [4.78, 5) is 12.7. The zero-order chi connectivity index (χ0) is 19.7. The van der Waals surface area contributed by atoms with E-state index in [1.54, 1.807) is 0 Å². The maximum atomic E-state index is 12.7. The number of aromatic nitrogens is 1. The standard InChI is InChI=1S/C23H26N2O3/c1-15(2)12-24-23(26)11-18(16-8-9-21-22(10-16)28-14-27-21)19-13-25(3)20-7-5-4-6-17(19)20/h4-10,13,15,18H,11-12,14H2,1-3H3,(H,24,26)/t18-/m0/s1. The van der Waals surface area contributed by atoms with Crippen LogP contribution in [0.4, 0.5) is 0 Å². The Balaban J connectivity index is 1.74. The van der Waals surface area contributed by atoms with Crippen molar-refractivity contribution in [2.24, 2.45) is 13.0 Å². The van der Waals surface area contributed by atoms with Crippen LogP contribution in [0.2, 0.25) is 0 Å². The molecule has 0 bridgehead atoms. The molecule has 5 nitrogen and oxygen atoms in total. The van der Waals surface area contributed by atoms with E-state index in [2.05, 4.69) is 42.1 Å². The number of benzene rings is 2. The number of fused-ring (bicyclic) bond motifs is 2. The van der Waals surface area contributed by atoms with E-state index < -0.39 is 0 Å². The highest BCUT2D eigenvalue weighted by Gasteiger charge is 2.24. The summed E-state index contributed by atoms with van der Waals surface area (Å²) in [5, 5.41) is 4.23. The van der Waals surface area contributed by atoms with E-state index in [-0.39, 0.29) is 18.6 Å². The highest BCUT2D eigenvalue weighted by atomic mass is 16.7. The molecule has 1 aliphatic rings. The fourth-order valence-corrected chi connectivity index (χ4v) is 3.76. The Kier molecular flexibility index (Phi) is 4.99. The molecular formula is C23H26N2O3. The number of aryl methyl sites for hydroxylation is 1. The summed E-state index contributed by atoms with van der Waals surface area (Å²) in [5.74, 6) is 1.91. The van der Waals surface area contributed by atoms with Crippen LogP contribution in [0.15, 0.2) is 48.7 Å². The smallest absolute Gasteiger partial charge is 0.231 e. The number of nitrogens with zero attached hydrogens (tertiary/aromatic N) is 1. The predicted octanol–water partition coefficient (Wildman–Crippen LogP) is 4.20. The second kappa shape index (κ2) is 7.58. The van der Waals surface area contributed by atoms with E-state index in [1.807, 2.05) is 37.4 Å². The second-order valence-electron chi connectivity index (χ2n) is 7.78. The Morgan fingerprint density at radius 1 is 1.14 bits per heavy atom. The Morgan fingerprint density at radius 2 is 1.93 bits per heavy atom. The number of amides is 1. The van der Waals surface area contributed by atoms with Gasteiger partial charge in [0.05, 0.1) is 0 Å². The Labute approximate surface area is 165 Å². The van der Waals surface area contributed by atoms with E-state index in [4.69, 9.17) is 9.47 Å². The molecule has 3 aromatic rings. The summed E-state index contributed by atoms with van der Waals surface area (Å²) in [5.41, 5.74) is 3.36. The van der Waals surface area contributed by atoms with Crippen LogP contribution in [0.1, 0.15) is 37.3 Å². The normalized spacial score (nSPS) is 13.9. The van der Waals surface area contributed by atoms with E-state index in [9.17, 15) is 4.79 Å². The molecule has 0 fully saturated rings. The highest BCUT2D eigenvalue weighted by molar-refractivity contribution is 5.86. The van der Waals surface area contributed by atoms with Gasteiger partial charge in [0.25, 0.3) is 0 Å². The molecule has 1 N–H and O–H groups in total. The van der Waals surface area contributed by atoms with Crippen LogP contribution in [0.5, 0.6) is 11.5 Å². The lowest BCUT2D eigenvalue weighted by molar-refractivity contribution is -0.121. The molecule has 0 saturated heterocycles. The number of hydrogen-bond donors (Lipinski definition) is 1. The number of carbonyl (C=O) groups excluding carboxylic acids is 1. The van der Waals surface area contributed by atoms with Crippen LogP contribution < -0.4 is 14.8 Å². The lowest BCUT2D eigenvalue weighted by Crippen LogP contribution is -2.28. The van der Waals surface area contributed by atoms with Gasteiger partial charge >= 0.3 is 0 Å². The molecule has 1 atom stereocenters. The molecule has 28 heavy (non-hydrogen) atoms. The highest BCUT2D eigenvalue weighted by Crippen LogP contribution is 2.39. The van der Waals surface area contributed by atoms with Crippen molar-refractivity contribution in [3.8, 4) is 11.5 Å². The largest absolute Gasteiger partial charge is 0.454 e. The van der Waals surface area contributed by atoms with Crippen LogP contribution in [0.25, 0.3) is 10.9 Å². The van der Waals surface area contributed by atoms with Crippen LogP contribution in [0.3, 0.4) is 0 Å². The summed E-state index contributed by atoms with van der Waals surface area (Å²) in [7, 11) is 2.04. The minimum absolute atomic E-state index is 0.0595. The van der Waals surface area contributed by atoms with Gasteiger partial charge in [-0.3, -0.25) is 4.79 Å². The molecule has 146 valence electrons. The lowest BCUT2D eigenvalue weighted by atomic mass is 9.87. The van der Waals surface area contributed by atoms with Gasteiger partial charge in [-0.15, -0.1) is 0 Å². The summed E-state index contributed by atoms with van der Waals surface area (Å²) >= 11 is 0. The molecule has 2 aromatic carbocycles.